The summed E-state index contributed by atoms with van der Waals surface area (Å²) in [5, 5.41) is 0.785. The van der Waals surface area contributed by atoms with Crippen LogP contribution < -0.4 is 9.47 Å². The number of methoxy groups -OCH3 is 2. The Bertz CT molecular complexity index is 808. The highest BCUT2D eigenvalue weighted by molar-refractivity contribution is 6.17. The summed E-state index contributed by atoms with van der Waals surface area (Å²) in [6.07, 6.45) is 3.35. The van der Waals surface area contributed by atoms with E-state index >= 15 is 0 Å². The Hall–Kier alpha value is -2.82. The highest BCUT2D eigenvalue weighted by atomic mass is 16.5. The number of carbonyl (C=O) groups is 1. The largest absolute Gasteiger partial charge is 0.497 e. The molecule has 3 aromatic rings. The van der Waals surface area contributed by atoms with Crippen molar-refractivity contribution in [2.45, 2.75) is 0 Å². The van der Waals surface area contributed by atoms with E-state index in [1.807, 2.05) is 6.07 Å². The minimum atomic E-state index is -0.134. The second-order valence-corrected chi connectivity index (χ2v) is 4.50. The van der Waals surface area contributed by atoms with Crippen LogP contribution in [0.3, 0.4) is 0 Å². The van der Waals surface area contributed by atoms with E-state index in [4.69, 9.17) is 9.47 Å². The maximum absolute atomic E-state index is 12.8. The number of nitrogens with zero attached hydrogens (tertiary/aromatic N) is 1. The van der Waals surface area contributed by atoms with Crippen molar-refractivity contribution in [1.29, 1.82) is 0 Å². The summed E-state index contributed by atoms with van der Waals surface area (Å²) in [7, 11) is 3.10. The third-order valence-corrected chi connectivity index (χ3v) is 3.35. The second kappa shape index (κ2) is 5.28. The monoisotopic (exact) mass is 282 g/mol. The summed E-state index contributed by atoms with van der Waals surface area (Å²) in [6, 6.07) is 8.82. The SMILES string of the molecule is COc1ccc(OC)c(C(=O)c2c[nH]c3ncccc23)c1. The molecule has 0 aliphatic rings. The molecular formula is C16H14N2O3. The van der Waals surface area contributed by atoms with Gasteiger partial charge in [0.25, 0.3) is 0 Å². The topological polar surface area (TPSA) is 64.2 Å². The number of ketones is 1. The molecule has 0 bridgehead atoms. The lowest BCUT2D eigenvalue weighted by molar-refractivity contribution is 0.103. The van der Waals surface area contributed by atoms with Gasteiger partial charge in [0.05, 0.1) is 19.8 Å². The Morgan fingerprint density at radius 1 is 1.14 bits per heavy atom. The van der Waals surface area contributed by atoms with Crippen LogP contribution in [0.5, 0.6) is 11.5 Å². The molecule has 0 fully saturated rings. The molecule has 0 saturated heterocycles. The lowest BCUT2D eigenvalue weighted by Crippen LogP contribution is -2.04. The van der Waals surface area contributed by atoms with E-state index in [9.17, 15) is 4.79 Å². The van der Waals surface area contributed by atoms with E-state index in [1.165, 1.54) is 7.11 Å². The summed E-state index contributed by atoms with van der Waals surface area (Å²) in [5.74, 6) is 0.987. The molecular weight excluding hydrogens is 268 g/mol. The Morgan fingerprint density at radius 3 is 2.76 bits per heavy atom. The smallest absolute Gasteiger partial charge is 0.199 e. The van der Waals surface area contributed by atoms with Gasteiger partial charge in [-0.05, 0) is 30.3 Å². The molecule has 0 radical (unpaired) electrons. The predicted octanol–water partition coefficient (Wildman–Crippen LogP) is 2.81. The van der Waals surface area contributed by atoms with Crippen LogP contribution in [0.2, 0.25) is 0 Å². The highest BCUT2D eigenvalue weighted by Crippen LogP contribution is 2.28. The molecule has 5 nitrogen and oxygen atoms in total. The molecule has 0 aliphatic carbocycles. The van der Waals surface area contributed by atoms with Gasteiger partial charge in [0.15, 0.2) is 5.78 Å². The normalized spacial score (nSPS) is 10.6. The van der Waals surface area contributed by atoms with Gasteiger partial charge in [-0.1, -0.05) is 0 Å². The number of fused-ring (bicyclic) bond motifs is 1. The van der Waals surface area contributed by atoms with Gasteiger partial charge in [0.2, 0.25) is 0 Å². The molecule has 1 N–H and O–H groups in total. The van der Waals surface area contributed by atoms with Gasteiger partial charge in [0, 0.05) is 23.3 Å². The van der Waals surface area contributed by atoms with E-state index < -0.39 is 0 Å². The van der Waals surface area contributed by atoms with Crippen molar-refractivity contribution in [3.63, 3.8) is 0 Å². The number of ether oxygens (including phenoxy) is 2. The van der Waals surface area contributed by atoms with Gasteiger partial charge in [-0.2, -0.15) is 0 Å². The number of hydrogen-bond donors (Lipinski definition) is 1. The van der Waals surface area contributed by atoms with Gasteiger partial charge < -0.3 is 14.5 Å². The van der Waals surface area contributed by atoms with Gasteiger partial charge in [-0.15, -0.1) is 0 Å². The summed E-state index contributed by atoms with van der Waals surface area (Å²) in [4.78, 5) is 20.0. The first-order chi connectivity index (χ1) is 10.2. The van der Waals surface area contributed by atoms with Crippen molar-refractivity contribution in [2.24, 2.45) is 0 Å². The van der Waals surface area contributed by atoms with Crippen LogP contribution in [0.1, 0.15) is 15.9 Å². The van der Waals surface area contributed by atoms with Crippen molar-refractivity contribution < 1.29 is 14.3 Å². The number of aromatic nitrogens is 2. The molecule has 21 heavy (non-hydrogen) atoms. The fourth-order valence-corrected chi connectivity index (χ4v) is 2.28. The number of nitrogens with one attached hydrogen (secondary N) is 1. The molecule has 0 unspecified atom stereocenters. The van der Waals surface area contributed by atoms with E-state index in [0.29, 0.717) is 28.3 Å². The number of pyridine rings is 1. The quantitative estimate of drug-likeness (QED) is 0.747. The van der Waals surface area contributed by atoms with E-state index in [2.05, 4.69) is 9.97 Å². The van der Waals surface area contributed by atoms with Crippen LogP contribution in [-0.2, 0) is 0 Å². The first-order valence-electron chi connectivity index (χ1n) is 6.43. The standard InChI is InChI=1S/C16H14N2O3/c1-20-10-5-6-14(21-2)12(8-10)15(19)13-9-18-16-11(13)4-3-7-17-16/h3-9H,1-2H3,(H,17,18). The van der Waals surface area contributed by atoms with Crippen LogP contribution in [-0.4, -0.2) is 30.0 Å². The maximum Gasteiger partial charge on any atom is 0.199 e. The Balaban J connectivity index is 2.13. The predicted molar refractivity (Wildman–Crippen MR) is 79.1 cm³/mol. The fourth-order valence-electron chi connectivity index (χ4n) is 2.28. The summed E-state index contributed by atoms with van der Waals surface area (Å²) < 4.78 is 10.5. The van der Waals surface area contributed by atoms with Gasteiger partial charge >= 0.3 is 0 Å². The first kappa shape index (κ1) is 13.2. The fraction of sp³-hybridized carbons (Fsp3) is 0.125. The molecule has 0 spiro atoms. The number of benzene rings is 1. The van der Waals surface area contributed by atoms with Crippen LogP contribution >= 0.6 is 0 Å². The Morgan fingerprint density at radius 2 is 2.00 bits per heavy atom. The van der Waals surface area contributed by atoms with Crippen LogP contribution in [0, 0.1) is 0 Å². The maximum atomic E-state index is 12.8. The molecule has 3 rings (SSSR count). The van der Waals surface area contributed by atoms with Gasteiger partial charge in [-0.3, -0.25) is 4.79 Å². The van der Waals surface area contributed by atoms with Crippen LogP contribution in [0.25, 0.3) is 11.0 Å². The molecule has 106 valence electrons. The lowest BCUT2D eigenvalue weighted by atomic mass is 10.0. The average molecular weight is 282 g/mol. The van der Waals surface area contributed by atoms with E-state index in [0.717, 1.165) is 5.39 Å². The van der Waals surface area contributed by atoms with Crippen molar-refractivity contribution in [1.82, 2.24) is 9.97 Å². The molecule has 2 heterocycles. The minimum absolute atomic E-state index is 0.134. The summed E-state index contributed by atoms with van der Waals surface area (Å²) in [6.45, 7) is 0. The third kappa shape index (κ3) is 2.23. The van der Waals surface area contributed by atoms with Crippen molar-refractivity contribution in [2.75, 3.05) is 14.2 Å². The average Bonchev–Trinajstić information content (AvgIpc) is 2.97. The minimum Gasteiger partial charge on any atom is -0.497 e. The van der Waals surface area contributed by atoms with E-state index in [1.54, 1.807) is 43.8 Å². The summed E-state index contributed by atoms with van der Waals surface area (Å²) >= 11 is 0. The van der Waals surface area contributed by atoms with Crippen LogP contribution in [0.4, 0.5) is 0 Å². The second-order valence-electron chi connectivity index (χ2n) is 4.50. The van der Waals surface area contributed by atoms with Gasteiger partial charge in [-0.25, -0.2) is 4.98 Å². The number of carbonyl (C=O) groups excluding carboxylic acids is 1. The zero-order chi connectivity index (χ0) is 14.8. The number of hydrogen-bond acceptors (Lipinski definition) is 4. The van der Waals surface area contributed by atoms with E-state index in [-0.39, 0.29) is 5.78 Å². The molecule has 5 heteroatoms. The number of H-pyrrole nitrogens is 1. The summed E-state index contributed by atoms with van der Waals surface area (Å²) in [5.41, 5.74) is 1.70. The lowest BCUT2D eigenvalue weighted by Gasteiger charge is -2.09. The zero-order valence-electron chi connectivity index (χ0n) is 11.7. The molecule has 0 aliphatic heterocycles. The molecule has 0 atom stereocenters. The van der Waals surface area contributed by atoms with Crippen LogP contribution in [0.15, 0.2) is 42.7 Å². The Labute approximate surface area is 121 Å². The number of rotatable bonds is 4. The molecule has 0 saturated carbocycles. The third-order valence-electron chi connectivity index (χ3n) is 3.35. The Kier molecular flexibility index (Phi) is 3.31. The highest BCUT2D eigenvalue weighted by Gasteiger charge is 2.19. The molecule has 0 amide bonds. The molecule has 2 aromatic heterocycles. The van der Waals surface area contributed by atoms with Crippen molar-refractivity contribution in [3.8, 4) is 11.5 Å². The zero-order valence-corrected chi connectivity index (χ0v) is 11.7. The molecule has 1 aromatic carbocycles. The first-order valence-corrected chi connectivity index (χ1v) is 6.43. The number of aromatic amines is 1. The van der Waals surface area contributed by atoms with Gasteiger partial charge in [0.1, 0.15) is 17.1 Å². The van der Waals surface area contributed by atoms with Crippen molar-refractivity contribution >= 4 is 16.8 Å². The van der Waals surface area contributed by atoms with Crippen molar-refractivity contribution in [3.05, 3.63) is 53.9 Å².